The summed E-state index contributed by atoms with van der Waals surface area (Å²) in [7, 11) is 0. The second-order valence-electron chi connectivity index (χ2n) is 4.38. The molecule has 0 aliphatic rings. The molecule has 0 aliphatic carbocycles. The number of hydrogen-bond donors (Lipinski definition) is 3. The van der Waals surface area contributed by atoms with Crippen LogP contribution in [0, 0.1) is 0 Å². The standard InChI is InChI=1S/C15H14N2O5/c18-8-12-6-11(14(19)20)7-16-13(12)17-15(21)22-9-10-4-2-1-3-5-10/h1-7,18H,8-9H2,(H,19,20)(H,16,17,21). The molecule has 0 radical (unpaired) electrons. The van der Waals surface area contributed by atoms with Gasteiger partial charge in [-0.05, 0) is 11.6 Å². The SMILES string of the molecule is O=C(Nc1ncc(C(=O)O)cc1CO)OCc1ccccc1. The lowest BCUT2D eigenvalue weighted by molar-refractivity contribution is 0.0696. The summed E-state index contributed by atoms with van der Waals surface area (Å²) in [6.07, 6.45) is 0.350. The molecule has 0 saturated heterocycles. The van der Waals surface area contributed by atoms with Gasteiger partial charge in [0.05, 0.1) is 12.2 Å². The van der Waals surface area contributed by atoms with Crippen LogP contribution in [-0.4, -0.2) is 27.3 Å². The summed E-state index contributed by atoms with van der Waals surface area (Å²) < 4.78 is 5.02. The normalized spacial score (nSPS) is 10.0. The smallest absolute Gasteiger partial charge is 0.413 e. The molecule has 0 saturated carbocycles. The first kappa shape index (κ1) is 15.5. The molecule has 2 aromatic rings. The fourth-order valence-electron chi connectivity index (χ4n) is 1.72. The van der Waals surface area contributed by atoms with Gasteiger partial charge in [-0.15, -0.1) is 0 Å². The van der Waals surface area contributed by atoms with Crippen molar-refractivity contribution >= 4 is 17.9 Å². The van der Waals surface area contributed by atoms with Gasteiger partial charge in [0.1, 0.15) is 12.4 Å². The van der Waals surface area contributed by atoms with E-state index < -0.39 is 18.7 Å². The Kier molecular flexibility index (Phi) is 5.05. The fraction of sp³-hybridized carbons (Fsp3) is 0.133. The van der Waals surface area contributed by atoms with Crippen LogP contribution < -0.4 is 5.32 Å². The van der Waals surface area contributed by atoms with E-state index in [0.717, 1.165) is 11.8 Å². The quantitative estimate of drug-likeness (QED) is 0.779. The molecule has 1 amide bonds. The topological polar surface area (TPSA) is 109 Å². The summed E-state index contributed by atoms with van der Waals surface area (Å²) >= 11 is 0. The largest absolute Gasteiger partial charge is 0.478 e. The lowest BCUT2D eigenvalue weighted by Crippen LogP contribution is -2.16. The molecule has 22 heavy (non-hydrogen) atoms. The number of benzene rings is 1. The summed E-state index contributed by atoms with van der Waals surface area (Å²) in [5.74, 6) is -1.11. The van der Waals surface area contributed by atoms with E-state index in [0.29, 0.717) is 0 Å². The number of carbonyl (C=O) groups excluding carboxylic acids is 1. The number of rotatable bonds is 5. The Morgan fingerprint density at radius 3 is 2.59 bits per heavy atom. The third kappa shape index (κ3) is 4.03. The van der Waals surface area contributed by atoms with Crippen LogP contribution in [0.3, 0.4) is 0 Å². The molecule has 0 aliphatic heterocycles. The molecule has 0 fully saturated rings. The zero-order chi connectivity index (χ0) is 15.9. The molecule has 7 heteroatoms. The van der Waals surface area contributed by atoms with E-state index >= 15 is 0 Å². The van der Waals surface area contributed by atoms with Gasteiger partial charge >= 0.3 is 12.1 Å². The average molecular weight is 302 g/mol. The Balaban J connectivity index is 2.00. The van der Waals surface area contributed by atoms with E-state index in [-0.39, 0.29) is 23.6 Å². The number of carboxylic acids is 1. The molecule has 0 spiro atoms. The van der Waals surface area contributed by atoms with Gasteiger partial charge in [-0.2, -0.15) is 0 Å². The summed E-state index contributed by atoms with van der Waals surface area (Å²) in [5.41, 5.74) is 0.943. The lowest BCUT2D eigenvalue weighted by Gasteiger charge is -2.10. The molecule has 1 aromatic heterocycles. The number of aromatic nitrogens is 1. The van der Waals surface area contributed by atoms with E-state index in [4.69, 9.17) is 9.84 Å². The predicted molar refractivity (Wildman–Crippen MR) is 77.4 cm³/mol. The minimum Gasteiger partial charge on any atom is -0.478 e. The van der Waals surface area contributed by atoms with Crippen molar-refractivity contribution in [2.45, 2.75) is 13.2 Å². The molecule has 0 bridgehead atoms. The van der Waals surface area contributed by atoms with E-state index in [1.165, 1.54) is 6.07 Å². The Morgan fingerprint density at radius 2 is 1.95 bits per heavy atom. The van der Waals surface area contributed by atoms with Crippen LogP contribution in [0.15, 0.2) is 42.6 Å². The van der Waals surface area contributed by atoms with Crippen molar-refractivity contribution in [3.63, 3.8) is 0 Å². The number of amides is 1. The maximum atomic E-state index is 11.7. The van der Waals surface area contributed by atoms with E-state index in [1.54, 1.807) is 0 Å². The van der Waals surface area contributed by atoms with Crippen LogP contribution in [0.4, 0.5) is 10.6 Å². The second kappa shape index (κ2) is 7.19. The summed E-state index contributed by atoms with van der Waals surface area (Å²) in [5, 5.41) is 20.4. The summed E-state index contributed by atoms with van der Waals surface area (Å²) in [6, 6.07) is 10.4. The molecule has 0 atom stereocenters. The van der Waals surface area contributed by atoms with Crippen molar-refractivity contribution in [2.75, 3.05) is 5.32 Å². The zero-order valence-electron chi connectivity index (χ0n) is 11.5. The van der Waals surface area contributed by atoms with Crippen molar-refractivity contribution in [1.29, 1.82) is 0 Å². The van der Waals surface area contributed by atoms with Crippen LogP contribution >= 0.6 is 0 Å². The summed E-state index contributed by atoms with van der Waals surface area (Å²) in [4.78, 5) is 26.3. The number of ether oxygens (including phenoxy) is 1. The number of nitrogens with one attached hydrogen (secondary N) is 1. The molecule has 7 nitrogen and oxygen atoms in total. The minimum atomic E-state index is -1.17. The Morgan fingerprint density at radius 1 is 1.23 bits per heavy atom. The highest BCUT2D eigenvalue weighted by Gasteiger charge is 2.12. The number of aliphatic hydroxyl groups excluding tert-OH is 1. The monoisotopic (exact) mass is 302 g/mol. The number of nitrogens with zero attached hydrogens (tertiary/aromatic N) is 1. The number of pyridine rings is 1. The molecule has 2 rings (SSSR count). The predicted octanol–water partition coefficient (Wildman–Crippen LogP) is 2.02. The van der Waals surface area contributed by atoms with Gasteiger partial charge in [-0.1, -0.05) is 30.3 Å². The maximum absolute atomic E-state index is 11.7. The zero-order valence-corrected chi connectivity index (χ0v) is 11.5. The number of aliphatic hydroxyl groups is 1. The van der Waals surface area contributed by atoms with Gasteiger partial charge in [-0.25, -0.2) is 14.6 Å². The van der Waals surface area contributed by atoms with Gasteiger partial charge < -0.3 is 14.9 Å². The van der Waals surface area contributed by atoms with Gasteiger partial charge in [-0.3, -0.25) is 5.32 Å². The summed E-state index contributed by atoms with van der Waals surface area (Å²) in [6.45, 7) is -0.364. The maximum Gasteiger partial charge on any atom is 0.413 e. The van der Waals surface area contributed by atoms with Crippen molar-refractivity contribution in [3.05, 3.63) is 59.3 Å². The molecular formula is C15H14N2O5. The first-order chi connectivity index (χ1) is 10.6. The molecular weight excluding hydrogens is 288 g/mol. The van der Waals surface area contributed by atoms with Crippen LogP contribution in [-0.2, 0) is 18.0 Å². The highest BCUT2D eigenvalue weighted by atomic mass is 16.5. The molecule has 3 N–H and O–H groups in total. The van der Waals surface area contributed by atoms with Crippen molar-refractivity contribution in [1.82, 2.24) is 4.98 Å². The lowest BCUT2D eigenvalue weighted by atomic mass is 10.2. The van der Waals surface area contributed by atoms with Crippen LogP contribution in [0.2, 0.25) is 0 Å². The molecule has 1 heterocycles. The van der Waals surface area contributed by atoms with Crippen LogP contribution in [0.1, 0.15) is 21.5 Å². The number of carbonyl (C=O) groups is 2. The van der Waals surface area contributed by atoms with Gasteiger partial charge in [0.15, 0.2) is 0 Å². The van der Waals surface area contributed by atoms with Crippen molar-refractivity contribution in [2.24, 2.45) is 0 Å². The first-order valence-corrected chi connectivity index (χ1v) is 6.41. The van der Waals surface area contributed by atoms with E-state index in [9.17, 15) is 14.7 Å². The molecule has 0 unspecified atom stereocenters. The highest BCUT2D eigenvalue weighted by Crippen LogP contribution is 2.15. The number of carboxylic acid groups (broad SMARTS) is 1. The van der Waals surface area contributed by atoms with Gasteiger partial charge in [0.25, 0.3) is 0 Å². The Hall–Kier alpha value is -2.93. The second-order valence-corrected chi connectivity index (χ2v) is 4.38. The van der Waals surface area contributed by atoms with E-state index in [2.05, 4.69) is 10.3 Å². The Labute approximate surface area is 126 Å². The van der Waals surface area contributed by atoms with E-state index in [1.807, 2.05) is 30.3 Å². The average Bonchev–Trinajstić information content (AvgIpc) is 2.54. The van der Waals surface area contributed by atoms with Gasteiger partial charge in [0, 0.05) is 11.8 Å². The fourth-order valence-corrected chi connectivity index (χ4v) is 1.72. The Bertz CT molecular complexity index is 673. The molecule has 1 aromatic carbocycles. The van der Waals surface area contributed by atoms with Crippen LogP contribution in [0.25, 0.3) is 0 Å². The minimum absolute atomic E-state index is 0.0607. The van der Waals surface area contributed by atoms with Crippen molar-refractivity contribution in [3.8, 4) is 0 Å². The third-order valence-corrected chi connectivity index (χ3v) is 2.82. The number of anilines is 1. The van der Waals surface area contributed by atoms with Crippen LogP contribution in [0.5, 0.6) is 0 Å². The third-order valence-electron chi connectivity index (χ3n) is 2.82. The van der Waals surface area contributed by atoms with Gasteiger partial charge in [0.2, 0.25) is 0 Å². The highest BCUT2D eigenvalue weighted by molar-refractivity contribution is 5.89. The number of aromatic carboxylic acids is 1. The number of hydrogen-bond acceptors (Lipinski definition) is 5. The first-order valence-electron chi connectivity index (χ1n) is 6.41. The van der Waals surface area contributed by atoms with Crippen molar-refractivity contribution < 1.29 is 24.5 Å². The molecule has 114 valence electrons.